The van der Waals surface area contributed by atoms with Gasteiger partial charge in [-0.2, -0.15) is 0 Å². The number of amides is 1. The molecule has 0 unspecified atom stereocenters. The smallest absolute Gasteiger partial charge is 0.223 e. The lowest BCUT2D eigenvalue weighted by Gasteiger charge is -2.25. The summed E-state index contributed by atoms with van der Waals surface area (Å²) < 4.78 is 5.05. The second-order valence-electron chi connectivity index (χ2n) is 4.24. The minimum Gasteiger partial charge on any atom is -0.394 e. The Balaban J connectivity index is 2.06. The molecule has 0 aromatic heterocycles. The summed E-state index contributed by atoms with van der Waals surface area (Å²) in [5.74, 6) is 0.233. The molecule has 1 saturated carbocycles. The molecule has 0 radical (unpaired) electrons. The molecule has 0 atom stereocenters. The molecular formula is C11H22N2O3. The Hall–Kier alpha value is -0.650. The second kappa shape index (κ2) is 7.60. The van der Waals surface area contributed by atoms with Gasteiger partial charge in [0.1, 0.15) is 0 Å². The predicted octanol–water partition coefficient (Wildman–Crippen LogP) is -0.371. The van der Waals surface area contributed by atoms with Crippen molar-refractivity contribution < 1.29 is 14.6 Å². The Morgan fingerprint density at radius 1 is 1.31 bits per heavy atom. The highest BCUT2D eigenvalue weighted by atomic mass is 16.5. The van der Waals surface area contributed by atoms with E-state index in [1.807, 2.05) is 0 Å². The first-order valence-electron chi connectivity index (χ1n) is 5.96. The maximum absolute atomic E-state index is 11.7. The van der Waals surface area contributed by atoms with Gasteiger partial charge in [-0.25, -0.2) is 0 Å². The fourth-order valence-corrected chi connectivity index (χ4v) is 1.94. The number of rotatable bonds is 6. The van der Waals surface area contributed by atoms with E-state index in [-0.39, 0.29) is 24.5 Å². The lowest BCUT2D eigenvalue weighted by Crippen LogP contribution is -2.37. The Morgan fingerprint density at radius 3 is 2.62 bits per heavy atom. The summed E-state index contributed by atoms with van der Waals surface area (Å²) in [5, 5.41) is 11.3. The third-order valence-electron chi connectivity index (χ3n) is 2.92. The van der Waals surface area contributed by atoms with E-state index in [2.05, 4.69) is 5.32 Å². The molecule has 0 aromatic carbocycles. The number of carbonyl (C=O) groups is 1. The van der Waals surface area contributed by atoms with Crippen LogP contribution in [-0.4, -0.2) is 43.4 Å². The van der Waals surface area contributed by atoms with Crippen molar-refractivity contribution in [3.63, 3.8) is 0 Å². The van der Waals surface area contributed by atoms with Crippen LogP contribution in [0.1, 0.15) is 25.7 Å². The first-order chi connectivity index (χ1) is 7.74. The van der Waals surface area contributed by atoms with Crippen molar-refractivity contribution in [3.8, 4) is 0 Å². The van der Waals surface area contributed by atoms with Gasteiger partial charge in [-0.1, -0.05) is 0 Å². The number of carbonyl (C=O) groups excluding carboxylic acids is 1. The summed E-state index contributed by atoms with van der Waals surface area (Å²) in [4.78, 5) is 11.7. The van der Waals surface area contributed by atoms with Crippen LogP contribution < -0.4 is 11.1 Å². The van der Waals surface area contributed by atoms with E-state index in [4.69, 9.17) is 15.6 Å². The first kappa shape index (κ1) is 13.4. The maximum Gasteiger partial charge on any atom is 0.223 e. The fourth-order valence-electron chi connectivity index (χ4n) is 1.94. The lowest BCUT2D eigenvalue weighted by atomic mass is 9.86. The highest BCUT2D eigenvalue weighted by molar-refractivity contribution is 5.78. The molecule has 1 aliphatic carbocycles. The minimum absolute atomic E-state index is 0.0223. The number of nitrogens with two attached hydrogens (primary N) is 1. The molecule has 0 heterocycles. The fraction of sp³-hybridized carbons (Fsp3) is 0.909. The lowest BCUT2D eigenvalue weighted by molar-refractivity contribution is -0.126. The third kappa shape index (κ3) is 4.92. The van der Waals surface area contributed by atoms with Crippen LogP contribution in [0.2, 0.25) is 0 Å². The number of aliphatic hydroxyl groups is 1. The largest absolute Gasteiger partial charge is 0.394 e. The van der Waals surface area contributed by atoms with Crippen LogP contribution in [0.4, 0.5) is 0 Å². The van der Waals surface area contributed by atoms with Crippen LogP contribution in [-0.2, 0) is 9.53 Å². The zero-order chi connectivity index (χ0) is 11.8. The van der Waals surface area contributed by atoms with Crippen LogP contribution in [0.15, 0.2) is 0 Å². The summed E-state index contributed by atoms with van der Waals surface area (Å²) in [7, 11) is 0. The predicted molar refractivity (Wildman–Crippen MR) is 60.8 cm³/mol. The van der Waals surface area contributed by atoms with Gasteiger partial charge >= 0.3 is 0 Å². The molecule has 4 N–H and O–H groups in total. The summed E-state index contributed by atoms with van der Waals surface area (Å²) in [6, 6.07) is 0.275. The van der Waals surface area contributed by atoms with Gasteiger partial charge < -0.3 is 20.9 Å². The van der Waals surface area contributed by atoms with E-state index in [1.165, 1.54) is 0 Å². The number of hydrogen-bond donors (Lipinski definition) is 3. The van der Waals surface area contributed by atoms with Crippen molar-refractivity contribution in [1.29, 1.82) is 0 Å². The van der Waals surface area contributed by atoms with E-state index in [0.717, 1.165) is 25.7 Å². The van der Waals surface area contributed by atoms with Gasteiger partial charge in [0.25, 0.3) is 0 Å². The number of ether oxygens (including phenoxy) is 1. The van der Waals surface area contributed by atoms with Gasteiger partial charge in [0.15, 0.2) is 0 Å². The SMILES string of the molecule is NC1CCC(C(=O)NCCOCCO)CC1. The minimum atomic E-state index is 0.0223. The average molecular weight is 230 g/mol. The van der Waals surface area contributed by atoms with Gasteiger partial charge in [0, 0.05) is 18.5 Å². The van der Waals surface area contributed by atoms with Gasteiger partial charge in [0.05, 0.1) is 19.8 Å². The van der Waals surface area contributed by atoms with E-state index in [9.17, 15) is 4.79 Å². The summed E-state index contributed by atoms with van der Waals surface area (Å²) in [5.41, 5.74) is 5.78. The molecule has 0 aromatic rings. The Bertz CT molecular complexity index is 203. The molecule has 5 nitrogen and oxygen atoms in total. The number of nitrogens with one attached hydrogen (secondary N) is 1. The van der Waals surface area contributed by atoms with E-state index < -0.39 is 0 Å². The number of hydrogen-bond acceptors (Lipinski definition) is 4. The Kier molecular flexibility index (Phi) is 6.37. The molecule has 1 aliphatic rings. The molecule has 0 spiro atoms. The topological polar surface area (TPSA) is 84.6 Å². The summed E-state index contributed by atoms with van der Waals surface area (Å²) >= 11 is 0. The van der Waals surface area contributed by atoms with Gasteiger partial charge in [0.2, 0.25) is 5.91 Å². The van der Waals surface area contributed by atoms with E-state index in [1.54, 1.807) is 0 Å². The second-order valence-corrected chi connectivity index (χ2v) is 4.24. The molecule has 0 saturated heterocycles. The number of aliphatic hydroxyl groups excluding tert-OH is 1. The van der Waals surface area contributed by atoms with Gasteiger partial charge in [-0.3, -0.25) is 4.79 Å². The molecule has 1 rings (SSSR count). The molecule has 16 heavy (non-hydrogen) atoms. The Labute approximate surface area is 96.3 Å². The van der Waals surface area contributed by atoms with Crippen LogP contribution >= 0.6 is 0 Å². The van der Waals surface area contributed by atoms with E-state index in [0.29, 0.717) is 19.8 Å². The van der Waals surface area contributed by atoms with Crippen LogP contribution in [0.3, 0.4) is 0 Å². The maximum atomic E-state index is 11.7. The summed E-state index contributed by atoms with van der Waals surface area (Å²) in [6.07, 6.45) is 3.67. The van der Waals surface area contributed by atoms with Crippen molar-refractivity contribution in [2.24, 2.45) is 11.7 Å². The molecule has 1 fully saturated rings. The summed E-state index contributed by atoms with van der Waals surface area (Å²) in [6.45, 7) is 1.32. The van der Waals surface area contributed by atoms with Gasteiger partial charge in [-0.15, -0.1) is 0 Å². The van der Waals surface area contributed by atoms with Crippen LogP contribution in [0, 0.1) is 5.92 Å². The molecule has 94 valence electrons. The molecule has 0 bridgehead atoms. The molecule has 5 heteroatoms. The van der Waals surface area contributed by atoms with Crippen molar-refractivity contribution in [3.05, 3.63) is 0 Å². The standard InChI is InChI=1S/C11H22N2O3/c12-10-3-1-9(2-4-10)11(15)13-5-7-16-8-6-14/h9-10,14H,1-8,12H2,(H,13,15). The Morgan fingerprint density at radius 2 is 2.00 bits per heavy atom. The normalized spacial score (nSPS) is 25.4. The van der Waals surface area contributed by atoms with Crippen molar-refractivity contribution in [1.82, 2.24) is 5.32 Å². The quantitative estimate of drug-likeness (QED) is 0.543. The highest BCUT2D eigenvalue weighted by Crippen LogP contribution is 2.22. The first-order valence-corrected chi connectivity index (χ1v) is 5.96. The van der Waals surface area contributed by atoms with Crippen molar-refractivity contribution in [2.75, 3.05) is 26.4 Å². The van der Waals surface area contributed by atoms with Gasteiger partial charge in [-0.05, 0) is 25.7 Å². The molecular weight excluding hydrogens is 208 g/mol. The van der Waals surface area contributed by atoms with E-state index >= 15 is 0 Å². The highest BCUT2D eigenvalue weighted by Gasteiger charge is 2.23. The average Bonchev–Trinajstić information content (AvgIpc) is 2.29. The zero-order valence-corrected chi connectivity index (χ0v) is 9.65. The monoisotopic (exact) mass is 230 g/mol. The molecule has 1 amide bonds. The van der Waals surface area contributed by atoms with Crippen LogP contribution in [0.5, 0.6) is 0 Å². The molecule has 0 aliphatic heterocycles. The zero-order valence-electron chi connectivity index (χ0n) is 9.65. The third-order valence-corrected chi connectivity index (χ3v) is 2.92. The van der Waals surface area contributed by atoms with Crippen molar-refractivity contribution >= 4 is 5.91 Å². The van der Waals surface area contributed by atoms with Crippen molar-refractivity contribution in [2.45, 2.75) is 31.7 Å². The van der Waals surface area contributed by atoms with Crippen LogP contribution in [0.25, 0.3) is 0 Å².